The Bertz CT molecular complexity index is 698. The average molecular weight is 528 g/mol. The van der Waals surface area contributed by atoms with Crippen LogP contribution in [0.25, 0.3) is 0 Å². The molecule has 0 aliphatic carbocycles. The van der Waals surface area contributed by atoms with Crippen LogP contribution in [0.1, 0.15) is 37.5 Å². The SMILES string of the molecule is CN=C(NCCC(=O)NC(C)C)N1CCOC(c2cccc(C(F)(F)F)c2)C1.I. The summed E-state index contributed by atoms with van der Waals surface area (Å²) in [4.78, 5) is 17.9. The standard InChI is InChI=1S/C19H27F3N4O2.HI/c1-13(2)25-17(27)7-8-24-18(23-3)26-9-10-28-16(12-26)14-5-4-6-15(11-14)19(20,21)22;/h4-6,11,13,16H,7-10,12H2,1-3H3,(H,23,24)(H,25,27);1H. The lowest BCUT2D eigenvalue weighted by molar-refractivity contribution is -0.137. The fourth-order valence-corrected chi connectivity index (χ4v) is 2.97. The molecule has 1 aliphatic rings. The lowest BCUT2D eigenvalue weighted by Gasteiger charge is -2.35. The third-order valence-corrected chi connectivity index (χ3v) is 4.25. The van der Waals surface area contributed by atoms with Gasteiger partial charge in [0.1, 0.15) is 6.10 Å². The summed E-state index contributed by atoms with van der Waals surface area (Å²) in [7, 11) is 1.63. The number of amides is 1. The van der Waals surface area contributed by atoms with Crippen molar-refractivity contribution < 1.29 is 22.7 Å². The third kappa shape index (κ3) is 8.00. The van der Waals surface area contributed by atoms with E-state index in [9.17, 15) is 18.0 Å². The van der Waals surface area contributed by atoms with E-state index in [1.165, 1.54) is 6.07 Å². The number of alkyl halides is 3. The molecule has 0 spiro atoms. The number of aliphatic imine (C=N–C) groups is 1. The highest BCUT2D eigenvalue weighted by molar-refractivity contribution is 14.0. The lowest BCUT2D eigenvalue weighted by Crippen LogP contribution is -2.48. The first kappa shape index (κ1) is 25.5. The van der Waals surface area contributed by atoms with Gasteiger partial charge in [0, 0.05) is 32.6 Å². The van der Waals surface area contributed by atoms with Crippen LogP contribution in [0.4, 0.5) is 13.2 Å². The molecule has 1 aromatic rings. The quantitative estimate of drug-likeness (QED) is 0.350. The van der Waals surface area contributed by atoms with Crippen LogP contribution in [0.5, 0.6) is 0 Å². The van der Waals surface area contributed by atoms with Gasteiger partial charge in [-0.2, -0.15) is 13.2 Å². The molecule has 6 nitrogen and oxygen atoms in total. The van der Waals surface area contributed by atoms with Crippen LogP contribution in [0.2, 0.25) is 0 Å². The van der Waals surface area contributed by atoms with Crippen molar-refractivity contribution in [2.75, 3.05) is 33.3 Å². The summed E-state index contributed by atoms with van der Waals surface area (Å²) < 4.78 is 44.6. The Morgan fingerprint density at radius 2 is 2.10 bits per heavy atom. The number of nitrogens with one attached hydrogen (secondary N) is 2. The number of ether oxygens (including phenoxy) is 1. The number of carbonyl (C=O) groups excluding carboxylic acids is 1. The van der Waals surface area contributed by atoms with E-state index in [0.29, 0.717) is 44.2 Å². The molecule has 164 valence electrons. The summed E-state index contributed by atoms with van der Waals surface area (Å²) in [5, 5.41) is 5.95. The van der Waals surface area contributed by atoms with Gasteiger partial charge in [0.25, 0.3) is 0 Å². The van der Waals surface area contributed by atoms with Crippen LogP contribution < -0.4 is 10.6 Å². The van der Waals surface area contributed by atoms with E-state index in [4.69, 9.17) is 4.74 Å². The molecule has 0 radical (unpaired) electrons. The molecule has 1 atom stereocenters. The Morgan fingerprint density at radius 1 is 1.38 bits per heavy atom. The Balaban J connectivity index is 0.00000420. The molecule has 1 unspecified atom stereocenters. The predicted octanol–water partition coefficient (Wildman–Crippen LogP) is 3.19. The molecule has 0 bridgehead atoms. The van der Waals surface area contributed by atoms with Gasteiger partial charge in [-0.1, -0.05) is 12.1 Å². The van der Waals surface area contributed by atoms with Gasteiger partial charge < -0.3 is 20.3 Å². The van der Waals surface area contributed by atoms with E-state index in [-0.39, 0.29) is 35.9 Å². The molecule has 29 heavy (non-hydrogen) atoms. The summed E-state index contributed by atoms with van der Waals surface area (Å²) in [6.07, 6.45) is -4.57. The van der Waals surface area contributed by atoms with Crippen LogP contribution in [-0.2, 0) is 15.7 Å². The first-order chi connectivity index (χ1) is 13.2. The topological polar surface area (TPSA) is 66.0 Å². The number of halogens is 4. The first-order valence-corrected chi connectivity index (χ1v) is 9.24. The molecule has 2 N–H and O–H groups in total. The van der Waals surface area contributed by atoms with Crippen LogP contribution >= 0.6 is 24.0 Å². The average Bonchev–Trinajstić information content (AvgIpc) is 2.64. The zero-order valence-corrected chi connectivity index (χ0v) is 19.1. The molecule has 1 heterocycles. The van der Waals surface area contributed by atoms with Crippen molar-refractivity contribution in [2.45, 2.75) is 38.6 Å². The smallest absolute Gasteiger partial charge is 0.370 e. The van der Waals surface area contributed by atoms with Gasteiger partial charge in [-0.25, -0.2) is 0 Å². The largest absolute Gasteiger partial charge is 0.416 e. The Labute approximate surface area is 186 Å². The van der Waals surface area contributed by atoms with E-state index in [1.54, 1.807) is 13.1 Å². The molecule has 2 rings (SSSR count). The van der Waals surface area contributed by atoms with E-state index in [1.807, 2.05) is 18.7 Å². The van der Waals surface area contributed by atoms with Gasteiger partial charge in [0.2, 0.25) is 5.91 Å². The van der Waals surface area contributed by atoms with E-state index >= 15 is 0 Å². The number of rotatable bonds is 5. The molecule has 0 aromatic heterocycles. The monoisotopic (exact) mass is 528 g/mol. The van der Waals surface area contributed by atoms with Crippen molar-refractivity contribution in [1.82, 2.24) is 15.5 Å². The number of morpholine rings is 1. The molecular weight excluding hydrogens is 500 g/mol. The summed E-state index contributed by atoms with van der Waals surface area (Å²) in [5.74, 6) is 0.541. The molecule has 1 amide bonds. The fourth-order valence-electron chi connectivity index (χ4n) is 2.97. The maximum absolute atomic E-state index is 13.0. The minimum absolute atomic E-state index is 0. The Kier molecular flexibility index (Phi) is 10.2. The molecule has 0 saturated carbocycles. The van der Waals surface area contributed by atoms with E-state index < -0.39 is 17.8 Å². The summed E-state index contributed by atoms with van der Waals surface area (Å²) in [6, 6.07) is 5.28. The minimum atomic E-state index is -4.39. The highest BCUT2D eigenvalue weighted by Crippen LogP contribution is 2.32. The second-order valence-corrected chi connectivity index (χ2v) is 6.87. The highest BCUT2D eigenvalue weighted by atomic mass is 127. The second-order valence-electron chi connectivity index (χ2n) is 6.87. The summed E-state index contributed by atoms with van der Waals surface area (Å²) in [5.41, 5.74) is -0.212. The molecule has 1 aromatic carbocycles. The van der Waals surface area contributed by atoms with Crippen molar-refractivity contribution >= 4 is 35.8 Å². The van der Waals surface area contributed by atoms with Crippen molar-refractivity contribution in [2.24, 2.45) is 4.99 Å². The van der Waals surface area contributed by atoms with Gasteiger partial charge in [0.15, 0.2) is 5.96 Å². The fraction of sp³-hybridized carbons (Fsp3) is 0.579. The normalized spacial score (nSPS) is 17.7. The summed E-state index contributed by atoms with van der Waals surface area (Å²) >= 11 is 0. The molecule has 1 saturated heterocycles. The van der Waals surface area contributed by atoms with Crippen molar-refractivity contribution in [3.63, 3.8) is 0 Å². The first-order valence-electron chi connectivity index (χ1n) is 9.24. The molecular formula is C19H28F3IN4O2. The molecule has 10 heteroatoms. The van der Waals surface area contributed by atoms with Gasteiger partial charge in [-0.15, -0.1) is 24.0 Å². The van der Waals surface area contributed by atoms with Gasteiger partial charge in [-0.3, -0.25) is 9.79 Å². The number of guanidine groups is 1. The van der Waals surface area contributed by atoms with E-state index in [2.05, 4.69) is 15.6 Å². The number of hydrogen-bond donors (Lipinski definition) is 2. The predicted molar refractivity (Wildman–Crippen MR) is 116 cm³/mol. The maximum atomic E-state index is 13.0. The number of hydrogen-bond acceptors (Lipinski definition) is 3. The van der Waals surface area contributed by atoms with Crippen LogP contribution in [0, 0.1) is 0 Å². The molecule has 1 fully saturated rings. The second kappa shape index (κ2) is 11.6. The van der Waals surface area contributed by atoms with Crippen molar-refractivity contribution in [3.05, 3.63) is 35.4 Å². The number of carbonyl (C=O) groups is 1. The van der Waals surface area contributed by atoms with Crippen LogP contribution in [-0.4, -0.2) is 56.1 Å². The van der Waals surface area contributed by atoms with Gasteiger partial charge in [-0.05, 0) is 31.5 Å². The zero-order valence-electron chi connectivity index (χ0n) is 16.8. The Hall–Kier alpha value is -1.56. The minimum Gasteiger partial charge on any atom is -0.370 e. The maximum Gasteiger partial charge on any atom is 0.416 e. The van der Waals surface area contributed by atoms with Crippen LogP contribution in [0.3, 0.4) is 0 Å². The summed E-state index contributed by atoms with van der Waals surface area (Å²) in [6.45, 7) is 5.51. The highest BCUT2D eigenvalue weighted by Gasteiger charge is 2.32. The number of benzene rings is 1. The van der Waals surface area contributed by atoms with E-state index in [0.717, 1.165) is 12.1 Å². The van der Waals surface area contributed by atoms with Gasteiger partial charge in [0.05, 0.1) is 18.7 Å². The lowest BCUT2D eigenvalue weighted by atomic mass is 10.0. The van der Waals surface area contributed by atoms with Crippen LogP contribution in [0.15, 0.2) is 29.3 Å². The van der Waals surface area contributed by atoms with Crippen molar-refractivity contribution in [1.29, 1.82) is 0 Å². The molecule has 1 aliphatic heterocycles. The number of nitrogens with zero attached hydrogens (tertiary/aromatic N) is 2. The zero-order chi connectivity index (χ0) is 20.7. The van der Waals surface area contributed by atoms with Crippen molar-refractivity contribution in [3.8, 4) is 0 Å². The van der Waals surface area contributed by atoms with Gasteiger partial charge >= 0.3 is 6.18 Å². The Morgan fingerprint density at radius 3 is 2.72 bits per heavy atom. The third-order valence-electron chi connectivity index (χ3n) is 4.25.